The molecule has 10 heavy (non-hydrogen) atoms. The number of nitrogens with zero attached hydrogens (tertiary/aromatic N) is 1. The second-order valence-electron chi connectivity index (χ2n) is 1.76. The van der Waals surface area contributed by atoms with Crippen LogP contribution in [-0.2, 0) is 4.79 Å². The summed E-state index contributed by atoms with van der Waals surface area (Å²) in [5.74, 6) is 2.28. The zero-order valence-corrected chi connectivity index (χ0v) is 6.13. The highest BCUT2D eigenvalue weighted by atomic mass is 16.2. The van der Waals surface area contributed by atoms with E-state index in [0.29, 0.717) is 13.1 Å². The summed E-state index contributed by atoms with van der Waals surface area (Å²) in [6.07, 6.45) is 6.28. The van der Waals surface area contributed by atoms with Gasteiger partial charge in [-0.05, 0) is 13.0 Å². The van der Waals surface area contributed by atoms with Crippen molar-refractivity contribution in [3.63, 3.8) is 0 Å². The molecule has 0 N–H and O–H groups in total. The molecule has 0 aliphatic carbocycles. The smallest absolute Gasteiger partial charge is 0.246 e. The van der Waals surface area contributed by atoms with E-state index in [1.807, 2.05) is 6.92 Å². The molecule has 0 unspecified atom stereocenters. The number of hydrogen-bond donors (Lipinski definition) is 0. The first-order valence-corrected chi connectivity index (χ1v) is 3.11. The van der Waals surface area contributed by atoms with Crippen molar-refractivity contribution in [2.75, 3.05) is 13.1 Å². The zero-order valence-electron chi connectivity index (χ0n) is 6.13. The van der Waals surface area contributed by atoms with Gasteiger partial charge in [0.05, 0.1) is 6.54 Å². The molecule has 0 aromatic carbocycles. The lowest BCUT2D eigenvalue weighted by Gasteiger charge is -2.14. The summed E-state index contributed by atoms with van der Waals surface area (Å²) in [6.45, 7) is 6.22. The maximum atomic E-state index is 10.8. The standard InChI is InChI=1S/C8H11NO/c1-4-7-9(6-3)8(10)5-2/h1,5H,2,6-7H2,3H3. The number of amides is 1. The van der Waals surface area contributed by atoms with Crippen LogP contribution in [-0.4, -0.2) is 23.9 Å². The van der Waals surface area contributed by atoms with Gasteiger partial charge in [0.2, 0.25) is 5.91 Å². The molecule has 0 fully saturated rings. The van der Waals surface area contributed by atoms with Crippen LogP contribution in [0.5, 0.6) is 0 Å². The van der Waals surface area contributed by atoms with E-state index in [1.54, 1.807) is 0 Å². The Kier molecular flexibility index (Phi) is 4.06. The monoisotopic (exact) mass is 137 g/mol. The van der Waals surface area contributed by atoms with Gasteiger partial charge >= 0.3 is 0 Å². The molecule has 1 amide bonds. The highest BCUT2D eigenvalue weighted by molar-refractivity contribution is 5.87. The number of rotatable bonds is 3. The van der Waals surface area contributed by atoms with Gasteiger partial charge < -0.3 is 4.90 Å². The van der Waals surface area contributed by atoms with E-state index < -0.39 is 0 Å². The van der Waals surface area contributed by atoms with E-state index in [4.69, 9.17) is 6.42 Å². The number of carbonyl (C=O) groups excluding carboxylic acids is 1. The number of hydrogen-bond acceptors (Lipinski definition) is 1. The lowest BCUT2D eigenvalue weighted by Crippen LogP contribution is -2.29. The predicted molar refractivity (Wildman–Crippen MR) is 41.3 cm³/mol. The van der Waals surface area contributed by atoms with E-state index in [-0.39, 0.29) is 5.91 Å². The second kappa shape index (κ2) is 4.63. The van der Waals surface area contributed by atoms with Gasteiger partial charge in [-0.1, -0.05) is 12.5 Å². The summed E-state index contributed by atoms with van der Waals surface area (Å²) in [4.78, 5) is 12.4. The Bertz CT molecular complexity index is 167. The molecule has 0 aromatic heterocycles. The maximum absolute atomic E-state index is 10.8. The van der Waals surface area contributed by atoms with Crippen molar-refractivity contribution >= 4 is 5.91 Å². The fraction of sp³-hybridized carbons (Fsp3) is 0.375. The third-order valence-electron chi connectivity index (χ3n) is 1.15. The van der Waals surface area contributed by atoms with Gasteiger partial charge in [-0.2, -0.15) is 0 Å². The minimum atomic E-state index is -0.111. The summed E-state index contributed by atoms with van der Waals surface area (Å²) in [6, 6.07) is 0. The molecule has 0 bridgehead atoms. The fourth-order valence-electron chi connectivity index (χ4n) is 0.585. The van der Waals surface area contributed by atoms with Crippen LogP contribution in [0.25, 0.3) is 0 Å². The van der Waals surface area contributed by atoms with Gasteiger partial charge in [0.15, 0.2) is 0 Å². The van der Waals surface area contributed by atoms with Crippen LogP contribution >= 0.6 is 0 Å². The fourth-order valence-corrected chi connectivity index (χ4v) is 0.585. The van der Waals surface area contributed by atoms with Crippen LogP contribution in [0.15, 0.2) is 12.7 Å². The molecular weight excluding hydrogens is 126 g/mol. The second-order valence-corrected chi connectivity index (χ2v) is 1.76. The molecule has 54 valence electrons. The molecule has 0 aliphatic heterocycles. The third kappa shape index (κ3) is 2.36. The molecule has 2 nitrogen and oxygen atoms in total. The van der Waals surface area contributed by atoms with E-state index >= 15 is 0 Å². The Hall–Kier alpha value is -1.23. The minimum Gasteiger partial charge on any atom is -0.328 e. The molecule has 2 heteroatoms. The van der Waals surface area contributed by atoms with Crippen LogP contribution in [0.3, 0.4) is 0 Å². The average Bonchev–Trinajstić information content (AvgIpc) is 1.99. The molecule has 0 saturated carbocycles. The molecular formula is C8H11NO. The quantitative estimate of drug-likeness (QED) is 0.413. The van der Waals surface area contributed by atoms with Crippen LogP contribution in [0, 0.1) is 12.3 Å². The summed E-state index contributed by atoms with van der Waals surface area (Å²) in [7, 11) is 0. The summed E-state index contributed by atoms with van der Waals surface area (Å²) in [5.41, 5.74) is 0. The number of terminal acetylenes is 1. The number of likely N-dealkylation sites (N-methyl/N-ethyl adjacent to an activating group) is 1. The van der Waals surface area contributed by atoms with Crippen molar-refractivity contribution in [3.8, 4) is 12.3 Å². The third-order valence-corrected chi connectivity index (χ3v) is 1.15. The molecule has 0 radical (unpaired) electrons. The molecule has 0 heterocycles. The average molecular weight is 137 g/mol. The lowest BCUT2D eigenvalue weighted by atomic mass is 10.4. The highest BCUT2D eigenvalue weighted by Crippen LogP contribution is 1.87. The number of carbonyl (C=O) groups is 1. The van der Waals surface area contributed by atoms with Crippen molar-refractivity contribution < 1.29 is 4.79 Å². The predicted octanol–water partition coefficient (Wildman–Crippen LogP) is 0.654. The summed E-state index contributed by atoms with van der Waals surface area (Å²) >= 11 is 0. The van der Waals surface area contributed by atoms with Crippen LogP contribution in [0.4, 0.5) is 0 Å². The topological polar surface area (TPSA) is 20.3 Å². The Morgan fingerprint density at radius 2 is 2.50 bits per heavy atom. The van der Waals surface area contributed by atoms with Gasteiger partial charge in [0, 0.05) is 6.54 Å². The van der Waals surface area contributed by atoms with E-state index in [2.05, 4.69) is 12.5 Å². The van der Waals surface area contributed by atoms with Crippen LogP contribution in [0.1, 0.15) is 6.92 Å². The Balaban J connectivity index is 3.95. The Morgan fingerprint density at radius 3 is 2.80 bits per heavy atom. The van der Waals surface area contributed by atoms with Crippen LogP contribution in [0.2, 0.25) is 0 Å². The molecule has 0 aliphatic rings. The first-order chi connectivity index (χ1) is 4.76. The molecule has 0 spiro atoms. The van der Waals surface area contributed by atoms with Crippen molar-refractivity contribution in [3.05, 3.63) is 12.7 Å². The first kappa shape index (κ1) is 8.77. The highest BCUT2D eigenvalue weighted by Gasteiger charge is 2.03. The van der Waals surface area contributed by atoms with Gasteiger partial charge in [-0.15, -0.1) is 6.42 Å². The van der Waals surface area contributed by atoms with Gasteiger partial charge in [0.1, 0.15) is 0 Å². The molecule has 0 rings (SSSR count). The first-order valence-electron chi connectivity index (χ1n) is 3.11. The summed E-state index contributed by atoms with van der Waals surface area (Å²) < 4.78 is 0. The van der Waals surface area contributed by atoms with Gasteiger partial charge in [0.25, 0.3) is 0 Å². The summed E-state index contributed by atoms with van der Waals surface area (Å²) in [5, 5.41) is 0. The zero-order chi connectivity index (χ0) is 7.98. The molecule has 0 aromatic rings. The Morgan fingerprint density at radius 1 is 1.90 bits per heavy atom. The van der Waals surface area contributed by atoms with Crippen molar-refractivity contribution in [1.82, 2.24) is 4.90 Å². The van der Waals surface area contributed by atoms with Crippen molar-refractivity contribution in [2.45, 2.75) is 6.92 Å². The van der Waals surface area contributed by atoms with Crippen molar-refractivity contribution in [1.29, 1.82) is 0 Å². The van der Waals surface area contributed by atoms with E-state index in [0.717, 1.165) is 0 Å². The van der Waals surface area contributed by atoms with Crippen molar-refractivity contribution in [2.24, 2.45) is 0 Å². The maximum Gasteiger partial charge on any atom is 0.246 e. The Labute approximate surface area is 61.5 Å². The van der Waals surface area contributed by atoms with Gasteiger partial charge in [-0.25, -0.2) is 0 Å². The van der Waals surface area contributed by atoms with E-state index in [9.17, 15) is 4.79 Å². The largest absolute Gasteiger partial charge is 0.328 e. The molecule has 0 atom stereocenters. The normalized spacial score (nSPS) is 8.00. The van der Waals surface area contributed by atoms with E-state index in [1.165, 1.54) is 11.0 Å². The lowest BCUT2D eigenvalue weighted by molar-refractivity contribution is -0.125. The molecule has 0 saturated heterocycles. The van der Waals surface area contributed by atoms with Crippen LogP contribution < -0.4 is 0 Å². The minimum absolute atomic E-state index is 0.111. The SMILES string of the molecule is C#CCN(CC)C(=O)C=C. The van der Waals surface area contributed by atoms with Gasteiger partial charge in [-0.3, -0.25) is 4.79 Å².